The molecule has 0 aliphatic carbocycles. The molecule has 0 atom stereocenters. The van der Waals surface area contributed by atoms with Gasteiger partial charge in [-0.25, -0.2) is 31.9 Å². The van der Waals surface area contributed by atoms with E-state index in [4.69, 9.17) is 13.8 Å². The molecule has 0 spiro atoms. The van der Waals surface area contributed by atoms with Crippen LogP contribution in [0.1, 0.15) is 56.6 Å². The van der Waals surface area contributed by atoms with Crippen molar-refractivity contribution in [1.82, 2.24) is 9.97 Å². The standard InChI is InChI=1S/C23H33FN3O7PS/c1-7-32-22(28)19-20(16(4)5)25-23(26-21(19)17-10-12-18(24)13-11-17)27(6)36(30,31)15-14-35(29,33-8-2)34-9-3/h10-13,16H,7-9,14-15H2,1-6H3. The molecular weight excluding hydrogens is 512 g/mol. The van der Waals surface area contributed by atoms with Crippen molar-refractivity contribution in [3.05, 3.63) is 41.3 Å². The summed E-state index contributed by atoms with van der Waals surface area (Å²) in [6, 6.07) is 5.29. The molecule has 0 bridgehead atoms. The zero-order valence-electron chi connectivity index (χ0n) is 21.4. The molecule has 1 aromatic carbocycles. The second kappa shape index (κ2) is 12.7. The number of hydrogen-bond acceptors (Lipinski definition) is 9. The van der Waals surface area contributed by atoms with Gasteiger partial charge in [-0.15, -0.1) is 0 Å². The van der Waals surface area contributed by atoms with E-state index in [2.05, 4.69) is 9.97 Å². The summed E-state index contributed by atoms with van der Waals surface area (Å²) in [6.07, 6.45) is -0.357. The first-order chi connectivity index (χ1) is 16.9. The molecule has 0 aliphatic rings. The van der Waals surface area contributed by atoms with Crippen LogP contribution in [0.25, 0.3) is 11.3 Å². The van der Waals surface area contributed by atoms with Crippen molar-refractivity contribution in [2.75, 3.05) is 43.1 Å². The molecule has 200 valence electrons. The molecule has 2 aromatic rings. The van der Waals surface area contributed by atoms with Crippen LogP contribution in [0, 0.1) is 5.82 Å². The van der Waals surface area contributed by atoms with Crippen LogP contribution in [0.4, 0.5) is 10.3 Å². The highest BCUT2D eigenvalue weighted by Gasteiger charge is 2.32. The Morgan fingerprint density at radius 1 is 1.06 bits per heavy atom. The van der Waals surface area contributed by atoms with Crippen molar-refractivity contribution in [3.8, 4) is 11.3 Å². The highest BCUT2D eigenvalue weighted by Crippen LogP contribution is 2.48. The zero-order chi connectivity index (χ0) is 27.1. The van der Waals surface area contributed by atoms with Gasteiger partial charge >= 0.3 is 13.6 Å². The van der Waals surface area contributed by atoms with Gasteiger partial charge in [-0.3, -0.25) is 4.57 Å². The van der Waals surface area contributed by atoms with Crippen LogP contribution in [-0.4, -0.2) is 63.1 Å². The van der Waals surface area contributed by atoms with Crippen molar-refractivity contribution in [2.24, 2.45) is 0 Å². The Morgan fingerprint density at radius 3 is 2.14 bits per heavy atom. The van der Waals surface area contributed by atoms with Gasteiger partial charge in [0.2, 0.25) is 16.0 Å². The number of hydrogen-bond donors (Lipinski definition) is 0. The maximum absolute atomic E-state index is 13.6. The molecule has 0 fully saturated rings. The highest BCUT2D eigenvalue weighted by molar-refractivity contribution is 7.93. The maximum atomic E-state index is 13.6. The van der Waals surface area contributed by atoms with E-state index in [-0.39, 0.29) is 54.8 Å². The predicted molar refractivity (Wildman–Crippen MR) is 135 cm³/mol. The number of sulfonamides is 1. The quantitative estimate of drug-likeness (QED) is 0.262. The summed E-state index contributed by atoms with van der Waals surface area (Å²) in [5.74, 6) is -2.21. The van der Waals surface area contributed by atoms with Crippen molar-refractivity contribution in [2.45, 2.75) is 40.5 Å². The number of carbonyl (C=O) groups is 1. The lowest BCUT2D eigenvalue weighted by Gasteiger charge is -2.23. The lowest BCUT2D eigenvalue weighted by Crippen LogP contribution is -2.33. The molecule has 0 saturated carbocycles. The van der Waals surface area contributed by atoms with Gasteiger partial charge in [-0.2, -0.15) is 0 Å². The Kier molecular flexibility index (Phi) is 10.5. The SMILES string of the molecule is CCOC(=O)c1c(-c2ccc(F)cc2)nc(N(C)S(=O)(=O)CCP(=O)(OCC)OCC)nc1C(C)C. The van der Waals surface area contributed by atoms with Crippen molar-refractivity contribution in [3.63, 3.8) is 0 Å². The second-order valence-electron chi connectivity index (χ2n) is 7.97. The van der Waals surface area contributed by atoms with Gasteiger partial charge in [0.05, 0.1) is 43.1 Å². The average molecular weight is 546 g/mol. The number of halogens is 1. The fourth-order valence-corrected chi connectivity index (χ4v) is 6.84. The Bertz CT molecular complexity index is 1200. The van der Waals surface area contributed by atoms with Crippen LogP contribution in [-0.2, 0) is 28.4 Å². The highest BCUT2D eigenvalue weighted by atomic mass is 32.2. The zero-order valence-corrected chi connectivity index (χ0v) is 23.1. The van der Waals surface area contributed by atoms with Crippen molar-refractivity contribution in [1.29, 1.82) is 0 Å². The molecule has 0 amide bonds. The van der Waals surface area contributed by atoms with E-state index in [1.165, 1.54) is 31.3 Å². The molecule has 0 N–H and O–H groups in total. The summed E-state index contributed by atoms with van der Waals surface area (Å²) in [5, 5.41) is 0. The van der Waals surface area contributed by atoms with E-state index in [1.54, 1.807) is 34.6 Å². The summed E-state index contributed by atoms with van der Waals surface area (Å²) in [6.45, 7) is 8.81. The fourth-order valence-electron chi connectivity index (χ4n) is 3.29. The topological polar surface area (TPSA) is 125 Å². The number of esters is 1. The first-order valence-corrected chi connectivity index (χ1v) is 14.9. The summed E-state index contributed by atoms with van der Waals surface area (Å²) in [7, 11) is -6.42. The van der Waals surface area contributed by atoms with E-state index in [0.29, 0.717) is 5.56 Å². The van der Waals surface area contributed by atoms with Crippen molar-refractivity contribution >= 4 is 29.5 Å². The molecule has 2 rings (SSSR count). The lowest BCUT2D eigenvalue weighted by atomic mass is 9.98. The molecule has 0 aliphatic heterocycles. The lowest BCUT2D eigenvalue weighted by molar-refractivity contribution is 0.0524. The first kappa shape index (κ1) is 29.8. The number of rotatable bonds is 13. The number of benzene rings is 1. The van der Waals surface area contributed by atoms with Crippen LogP contribution in [0.2, 0.25) is 0 Å². The Hall–Kier alpha value is -2.40. The Morgan fingerprint density at radius 2 is 1.64 bits per heavy atom. The number of anilines is 1. The monoisotopic (exact) mass is 545 g/mol. The number of ether oxygens (including phenoxy) is 1. The van der Waals surface area contributed by atoms with E-state index in [9.17, 15) is 22.2 Å². The third-order valence-electron chi connectivity index (χ3n) is 5.04. The summed E-state index contributed by atoms with van der Waals surface area (Å²) < 4.78 is 69.1. The third-order valence-corrected chi connectivity index (χ3v) is 9.14. The summed E-state index contributed by atoms with van der Waals surface area (Å²) >= 11 is 0. The summed E-state index contributed by atoms with van der Waals surface area (Å²) in [5.41, 5.74) is 0.839. The minimum atomic E-state index is -4.07. The first-order valence-electron chi connectivity index (χ1n) is 11.6. The van der Waals surface area contributed by atoms with Gasteiger partial charge in [0.25, 0.3) is 0 Å². The minimum absolute atomic E-state index is 0.0743. The maximum Gasteiger partial charge on any atom is 0.342 e. The molecule has 1 heterocycles. The number of nitrogens with zero attached hydrogens (tertiary/aromatic N) is 3. The molecular formula is C23H33FN3O7PS. The molecule has 0 saturated heterocycles. The van der Waals surface area contributed by atoms with Gasteiger partial charge in [0, 0.05) is 12.6 Å². The average Bonchev–Trinajstić information content (AvgIpc) is 2.82. The predicted octanol–water partition coefficient (Wildman–Crippen LogP) is 4.61. The Labute approximate surface area is 211 Å². The minimum Gasteiger partial charge on any atom is -0.462 e. The Balaban J connectivity index is 2.60. The molecule has 0 radical (unpaired) electrons. The van der Waals surface area contributed by atoms with E-state index < -0.39 is 35.2 Å². The van der Waals surface area contributed by atoms with Crippen LogP contribution in [0.15, 0.2) is 24.3 Å². The number of carbonyl (C=O) groups excluding carboxylic acids is 1. The van der Waals surface area contributed by atoms with Gasteiger partial charge in [0.15, 0.2) is 0 Å². The van der Waals surface area contributed by atoms with Gasteiger partial charge in [-0.1, -0.05) is 13.8 Å². The third kappa shape index (κ3) is 7.32. The molecule has 0 unspecified atom stereocenters. The van der Waals surface area contributed by atoms with Crippen LogP contribution in [0.5, 0.6) is 0 Å². The van der Waals surface area contributed by atoms with Gasteiger partial charge in [0.1, 0.15) is 11.4 Å². The largest absolute Gasteiger partial charge is 0.462 e. The number of aromatic nitrogens is 2. The van der Waals surface area contributed by atoms with E-state index in [1.807, 2.05) is 0 Å². The van der Waals surface area contributed by atoms with E-state index in [0.717, 1.165) is 4.31 Å². The molecule has 10 nitrogen and oxygen atoms in total. The normalized spacial score (nSPS) is 12.1. The van der Waals surface area contributed by atoms with E-state index >= 15 is 0 Å². The second-order valence-corrected chi connectivity index (χ2v) is 12.3. The molecule has 13 heteroatoms. The molecule has 1 aromatic heterocycles. The summed E-state index contributed by atoms with van der Waals surface area (Å²) in [4.78, 5) is 21.7. The van der Waals surface area contributed by atoms with Gasteiger partial charge in [-0.05, 0) is 51.0 Å². The van der Waals surface area contributed by atoms with Crippen LogP contribution >= 0.6 is 7.60 Å². The van der Waals surface area contributed by atoms with Crippen molar-refractivity contribution < 1.29 is 36.0 Å². The smallest absolute Gasteiger partial charge is 0.342 e. The molecule has 36 heavy (non-hydrogen) atoms. The van der Waals surface area contributed by atoms with Crippen LogP contribution in [0.3, 0.4) is 0 Å². The fraction of sp³-hybridized carbons (Fsp3) is 0.522. The van der Waals surface area contributed by atoms with Crippen LogP contribution < -0.4 is 4.31 Å². The van der Waals surface area contributed by atoms with Gasteiger partial charge < -0.3 is 13.8 Å².